The van der Waals surface area contributed by atoms with Gasteiger partial charge in [-0.05, 0) is 52.7 Å². The van der Waals surface area contributed by atoms with Crippen LogP contribution in [-0.2, 0) is 16.8 Å². The zero-order chi connectivity index (χ0) is 19.8. The van der Waals surface area contributed by atoms with Gasteiger partial charge in [0.25, 0.3) is 0 Å². The van der Waals surface area contributed by atoms with Crippen molar-refractivity contribution in [2.75, 3.05) is 0 Å². The van der Waals surface area contributed by atoms with E-state index in [-0.39, 0.29) is 39.4 Å². The number of benzene rings is 2. The Balaban J connectivity index is 0.000000483. The quantitative estimate of drug-likeness (QED) is 0.702. The summed E-state index contributed by atoms with van der Waals surface area (Å²) in [4.78, 5) is 8.53. The summed E-state index contributed by atoms with van der Waals surface area (Å²) in [7, 11) is 0. The van der Waals surface area contributed by atoms with Gasteiger partial charge >= 0.3 is 16.8 Å². The molecule has 0 aromatic heterocycles. The fraction of sp³-hybridized carbons (Fsp3) is 0.364. The van der Waals surface area contributed by atoms with E-state index in [0.29, 0.717) is 11.1 Å². The van der Waals surface area contributed by atoms with E-state index in [1.165, 1.54) is 0 Å². The Labute approximate surface area is 173 Å². The minimum Gasteiger partial charge on any atom is -0.872 e. The summed E-state index contributed by atoms with van der Waals surface area (Å²) in [6.07, 6.45) is 3.28. The average molecular weight is 411 g/mol. The number of hydrogen-bond acceptors (Lipinski definition) is 4. The van der Waals surface area contributed by atoms with Gasteiger partial charge in [0.2, 0.25) is 0 Å². The standard InChI is InChI=1S/2C11H15NO.Co/c2*1-11(2,3)12-8-9-6-4-5-7-10(9)13;/h2*4-8,13H,1-3H3;/q;;+2/p-2. The summed E-state index contributed by atoms with van der Waals surface area (Å²) in [5.41, 5.74) is 1.06. The molecule has 147 valence electrons. The monoisotopic (exact) mass is 411 g/mol. The van der Waals surface area contributed by atoms with Crippen molar-refractivity contribution in [3.8, 4) is 11.5 Å². The minimum absolute atomic E-state index is 0. The van der Waals surface area contributed by atoms with Crippen LogP contribution in [0.1, 0.15) is 52.7 Å². The Bertz CT molecular complexity index is 692. The predicted octanol–water partition coefficient (Wildman–Crippen LogP) is 3.95. The molecule has 4 nitrogen and oxygen atoms in total. The minimum atomic E-state index is -0.123. The Morgan fingerprint density at radius 1 is 0.630 bits per heavy atom. The fourth-order valence-corrected chi connectivity index (χ4v) is 1.70. The molecule has 0 heterocycles. The number of hydrogen-bond donors (Lipinski definition) is 0. The first kappa shape index (κ1) is 24.9. The Morgan fingerprint density at radius 3 is 1.19 bits per heavy atom. The van der Waals surface area contributed by atoms with E-state index in [0.717, 1.165) is 0 Å². The molecule has 2 aromatic rings. The molecule has 0 saturated carbocycles. The Morgan fingerprint density at radius 2 is 0.926 bits per heavy atom. The molecule has 0 unspecified atom stereocenters. The summed E-state index contributed by atoms with van der Waals surface area (Å²) in [5.74, 6) is 0.0472. The van der Waals surface area contributed by atoms with Gasteiger partial charge in [0.15, 0.2) is 0 Å². The van der Waals surface area contributed by atoms with Crippen LogP contribution in [0.3, 0.4) is 0 Å². The second-order valence-corrected chi connectivity index (χ2v) is 7.93. The van der Waals surface area contributed by atoms with Crippen molar-refractivity contribution in [3.05, 3.63) is 59.7 Å². The van der Waals surface area contributed by atoms with Gasteiger partial charge in [-0.3, -0.25) is 9.98 Å². The third-order valence-corrected chi connectivity index (χ3v) is 3.02. The Hall–Kier alpha value is -2.11. The molecule has 0 atom stereocenters. The molecule has 0 bridgehead atoms. The molecule has 0 N–H and O–H groups in total. The van der Waals surface area contributed by atoms with Crippen molar-refractivity contribution in [1.29, 1.82) is 0 Å². The second-order valence-electron chi connectivity index (χ2n) is 7.93. The molecular weight excluding hydrogens is 383 g/mol. The molecular formula is C22H28CoN2O2. The van der Waals surface area contributed by atoms with E-state index < -0.39 is 0 Å². The van der Waals surface area contributed by atoms with Gasteiger partial charge in [0.05, 0.1) is 11.1 Å². The largest absolute Gasteiger partial charge is 2.00 e. The molecule has 0 saturated heterocycles. The van der Waals surface area contributed by atoms with Crippen molar-refractivity contribution < 1.29 is 27.0 Å². The first-order chi connectivity index (χ1) is 12.0. The summed E-state index contributed by atoms with van der Waals surface area (Å²) < 4.78 is 0. The second kappa shape index (κ2) is 10.9. The van der Waals surface area contributed by atoms with Crippen LogP contribution in [0, 0.1) is 0 Å². The van der Waals surface area contributed by atoms with Gasteiger partial charge in [-0.25, -0.2) is 0 Å². The molecule has 0 aliphatic heterocycles. The molecule has 0 aliphatic rings. The number of para-hydroxylation sites is 2. The number of aliphatic imine (C=N–C) groups is 2. The van der Waals surface area contributed by atoms with Gasteiger partial charge in [0.1, 0.15) is 0 Å². The third-order valence-electron chi connectivity index (χ3n) is 3.02. The van der Waals surface area contributed by atoms with Crippen molar-refractivity contribution in [3.63, 3.8) is 0 Å². The van der Waals surface area contributed by atoms with E-state index in [4.69, 9.17) is 0 Å². The van der Waals surface area contributed by atoms with Crippen molar-refractivity contribution in [2.45, 2.75) is 52.6 Å². The molecule has 0 amide bonds. The van der Waals surface area contributed by atoms with E-state index in [1.54, 1.807) is 48.8 Å². The molecule has 1 radical (unpaired) electrons. The van der Waals surface area contributed by atoms with Crippen LogP contribution in [-0.4, -0.2) is 23.5 Å². The first-order valence-corrected chi connectivity index (χ1v) is 8.60. The van der Waals surface area contributed by atoms with Crippen LogP contribution in [0.25, 0.3) is 0 Å². The average Bonchev–Trinajstić information content (AvgIpc) is 2.52. The van der Waals surface area contributed by atoms with Crippen LogP contribution in [0.4, 0.5) is 0 Å². The van der Waals surface area contributed by atoms with Crippen LogP contribution >= 0.6 is 0 Å². The molecule has 0 spiro atoms. The molecule has 0 fully saturated rings. The smallest absolute Gasteiger partial charge is 0.872 e. The summed E-state index contributed by atoms with van der Waals surface area (Å²) in [6, 6.07) is 13.8. The molecule has 2 rings (SSSR count). The summed E-state index contributed by atoms with van der Waals surface area (Å²) in [5, 5.41) is 22.5. The third kappa shape index (κ3) is 11.3. The van der Waals surface area contributed by atoms with Crippen LogP contribution in [0.15, 0.2) is 58.5 Å². The van der Waals surface area contributed by atoms with E-state index in [1.807, 2.05) is 53.7 Å². The SMILES string of the molecule is CC(C)(C)N=Cc1ccccc1[O-].CC(C)(C)N=Cc1ccccc1[O-].[Co+2]. The Kier molecular flexibility index (Phi) is 10.0. The van der Waals surface area contributed by atoms with E-state index in [9.17, 15) is 10.2 Å². The van der Waals surface area contributed by atoms with Gasteiger partial charge in [-0.15, -0.1) is 11.5 Å². The molecule has 27 heavy (non-hydrogen) atoms. The van der Waals surface area contributed by atoms with Crippen molar-refractivity contribution in [1.82, 2.24) is 0 Å². The van der Waals surface area contributed by atoms with Crippen LogP contribution in [0.2, 0.25) is 0 Å². The maximum Gasteiger partial charge on any atom is 2.00 e. The van der Waals surface area contributed by atoms with Crippen LogP contribution < -0.4 is 10.2 Å². The van der Waals surface area contributed by atoms with Crippen molar-refractivity contribution >= 4 is 12.4 Å². The zero-order valence-electron chi connectivity index (χ0n) is 16.8. The molecule has 0 aliphatic carbocycles. The maximum atomic E-state index is 11.2. The first-order valence-electron chi connectivity index (χ1n) is 8.60. The zero-order valence-corrected chi connectivity index (χ0v) is 17.9. The maximum absolute atomic E-state index is 11.2. The van der Waals surface area contributed by atoms with Gasteiger partial charge in [0, 0.05) is 12.4 Å². The summed E-state index contributed by atoms with van der Waals surface area (Å²) in [6.45, 7) is 12.0. The van der Waals surface area contributed by atoms with Gasteiger partial charge < -0.3 is 10.2 Å². The number of nitrogens with zero attached hydrogens (tertiary/aromatic N) is 2. The van der Waals surface area contributed by atoms with E-state index in [2.05, 4.69) is 9.98 Å². The number of rotatable bonds is 2. The molecule has 5 heteroatoms. The fourth-order valence-electron chi connectivity index (χ4n) is 1.70. The van der Waals surface area contributed by atoms with Crippen molar-refractivity contribution in [2.24, 2.45) is 9.98 Å². The van der Waals surface area contributed by atoms with E-state index >= 15 is 0 Å². The molecule has 2 aromatic carbocycles. The van der Waals surface area contributed by atoms with Gasteiger partial charge in [-0.2, -0.15) is 0 Å². The topological polar surface area (TPSA) is 70.8 Å². The predicted molar refractivity (Wildman–Crippen MR) is 106 cm³/mol. The summed E-state index contributed by atoms with van der Waals surface area (Å²) >= 11 is 0. The normalized spacial score (nSPS) is 11.8. The van der Waals surface area contributed by atoms with Crippen LogP contribution in [0.5, 0.6) is 11.5 Å². The van der Waals surface area contributed by atoms with Gasteiger partial charge in [-0.1, -0.05) is 48.5 Å².